The van der Waals surface area contributed by atoms with Gasteiger partial charge >= 0.3 is 35.6 Å². The van der Waals surface area contributed by atoms with Crippen LogP contribution >= 0.6 is 0 Å². The summed E-state index contributed by atoms with van der Waals surface area (Å²) in [6.07, 6.45) is 0.795. The fourth-order valence-corrected chi connectivity index (χ4v) is 1.47. The number of amides is 4. The fraction of sp³-hybridized carbons (Fsp3) is 0.625. The molecular weight excluding hydrogens is 195 g/mol. The number of imide groups is 2. The first kappa shape index (κ1) is 13.6. The summed E-state index contributed by atoms with van der Waals surface area (Å²) < 4.78 is 0. The largest absolute Gasteiger partial charge is 1.00 e. The van der Waals surface area contributed by atoms with Crippen LogP contribution in [0.5, 0.6) is 0 Å². The molecule has 0 radical (unpaired) electrons. The third kappa shape index (κ3) is 1.99. The van der Waals surface area contributed by atoms with Crippen LogP contribution in [0, 0.1) is 5.41 Å². The van der Waals surface area contributed by atoms with Gasteiger partial charge in [0.25, 0.3) is 0 Å². The van der Waals surface area contributed by atoms with Crippen LogP contribution in [0.15, 0.2) is 0 Å². The summed E-state index contributed by atoms with van der Waals surface area (Å²) in [5.41, 5.74) is -1.06. The minimum absolute atomic E-state index is 0. The molecule has 0 aromatic heterocycles. The van der Waals surface area contributed by atoms with Gasteiger partial charge < -0.3 is 0 Å². The van der Waals surface area contributed by atoms with Gasteiger partial charge in [-0.1, -0.05) is 13.8 Å². The average molecular weight is 207 g/mol. The molecule has 1 fully saturated rings. The maximum Gasteiger partial charge on any atom is 1.00 e. The topological polar surface area (TPSA) is 75.3 Å². The van der Waals surface area contributed by atoms with E-state index in [4.69, 9.17) is 0 Å². The zero-order chi connectivity index (χ0) is 10.1. The van der Waals surface area contributed by atoms with Crippen LogP contribution in [0.25, 0.3) is 0 Å². The first-order chi connectivity index (χ1) is 6.06. The van der Waals surface area contributed by atoms with Crippen molar-refractivity contribution in [1.29, 1.82) is 0 Å². The third-order valence-corrected chi connectivity index (χ3v) is 2.53. The molecule has 1 aliphatic rings. The van der Waals surface area contributed by atoms with Crippen LogP contribution in [0.4, 0.5) is 4.79 Å². The van der Waals surface area contributed by atoms with E-state index in [0.717, 1.165) is 0 Å². The quantitative estimate of drug-likeness (QED) is 0.378. The summed E-state index contributed by atoms with van der Waals surface area (Å²) in [6.45, 7) is 3.50. The Labute approximate surface area is 104 Å². The van der Waals surface area contributed by atoms with Crippen molar-refractivity contribution >= 4 is 17.8 Å². The average Bonchev–Trinajstić information content (AvgIpc) is 2.05. The molecule has 6 heteroatoms. The number of carbonyl (C=O) groups excluding carboxylic acids is 3. The van der Waals surface area contributed by atoms with E-state index in [2.05, 4.69) is 10.6 Å². The van der Waals surface area contributed by atoms with Crippen LogP contribution in [-0.2, 0) is 9.59 Å². The number of rotatable bonds is 2. The van der Waals surface area contributed by atoms with Crippen molar-refractivity contribution in [2.75, 3.05) is 0 Å². The van der Waals surface area contributed by atoms with Crippen molar-refractivity contribution in [3.63, 3.8) is 0 Å². The van der Waals surface area contributed by atoms with E-state index in [1.807, 2.05) is 0 Å². The maximum absolute atomic E-state index is 11.4. The van der Waals surface area contributed by atoms with Crippen molar-refractivity contribution < 1.29 is 43.9 Å². The molecule has 1 aliphatic heterocycles. The van der Waals surface area contributed by atoms with Gasteiger partial charge in [0, 0.05) is 0 Å². The molecule has 5 nitrogen and oxygen atoms in total. The second kappa shape index (κ2) is 4.91. The second-order valence-corrected chi connectivity index (χ2v) is 3.03. The predicted molar refractivity (Wildman–Crippen MR) is 44.7 cm³/mol. The van der Waals surface area contributed by atoms with Crippen molar-refractivity contribution in [3.8, 4) is 0 Å². The second-order valence-electron chi connectivity index (χ2n) is 3.03. The minimum Gasteiger partial charge on any atom is -0.277 e. The minimum atomic E-state index is -1.06. The Morgan fingerprint density at radius 1 is 1.00 bits per heavy atom. The van der Waals surface area contributed by atoms with Crippen molar-refractivity contribution in [2.45, 2.75) is 26.7 Å². The van der Waals surface area contributed by atoms with Gasteiger partial charge in [-0.25, -0.2) is 4.79 Å². The maximum atomic E-state index is 11.4. The fourth-order valence-electron chi connectivity index (χ4n) is 1.47. The molecular formula is C8H12N2NaO3+. The van der Waals surface area contributed by atoms with Gasteiger partial charge in [0.05, 0.1) is 0 Å². The summed E-state index contributed by atoms with van der Waals surface area (Å²) in [5, 5.41) is 4.19. The smallest absolute Gasteiger partial charge is 0.277 e. The van der Waals surface area contributed by atoms with E-state index in [1.165, 1.54) is 0 Å². The predicted octanol–water partition coefficient (Wildman–Crippen LogP) is -2.84. The summed E-state index contributed by atoms with van der Waals surface area (Å²) in [4.78, 5) is 33.6. The molecule has 1 saturated heterocycles. The molecule has 14 heavy (non-hydrogen) atoms. The first-order valence-corrected chi connectivity index (χ1v) is 4.23. The molecule has 0 aromatic carbocycles. The van der Waals surface area contributed by atoms with Crippen molar-refractivity contribution in [3.05, 3.63) is 0 Å². The number of urea groups is 1. The molecule has 0 atom stereocenters. The standard InChI is InChI=1S/C8H12N2O3.Na/c1-3-8(4-2)5(11)9-7(13)10-6(8)12;/h3-4H2,1-2H3,(H2,9,10,11,12,13);/q;+1. The summed E-state index contributed by atoms with van der Waals surface area (Å²) in [6, 6.07) is -0.729. The zero-order valence-corrected chi connectivity index (χ0v) is 10.6. The summed E-state index contributed by atoms with van der Waals surface area (Å²) in [7, 11) is 0. The van der Waals surface area contributed by atoms with E-state index >= 15 is 0 Å². The number of hydrogen-bond donors (Lipinski definition) is 2. The van der Waals surface area contributed by atoms with Crippen LogP contribution < -0.4 is 40.2 Å². The third-order valence-electron chi connectivity index (χ3n) is 2.53. The summed E-state index contributed by atoms with van der Waals surface area (Å²) >= 11 is 0. The van der Waals surface area contributed by atoms with E-state index in [1.54, 1.807) is 13.8 Å². The SMILES string of the molecule is CCC1(CC)C(=O)NC(=O)NC1=O.[Na+]. The van der Waals surface area contributed by atoms with Gasteiger partial charge in [0.15, 0.2) is 0 Å². The van der Waals surface area contributed by atoms with E-state index in [-0.39, 0.29) is 29.6 Å². The Kier molecular flexibility index (Phi) is 4.77. The molecule has 0 unspecified atom stereocenters. The van der Waals surface area contributed by atoms with Crippen LogP contribution in [-0.4, -0.2) is 17.8 Å². The number of barbiturate groups is 1. The molecule has 1 heterocycles. The molecule has 0 bridgehead atoms. The molecule has 0 spiro atoms. The number of hydrogen-bond acceptors (Lipinski definition) is 3. The van der Waals surface area contributed by atoms with Crippen LogP contribution in [0.1, 0.15) is 26.7 Å². The monoisotopic (exact) mass is 207 g/mol. The van der Waals surface area contributed by atoms with E-state index < -0.39 is 23.3 Å². The van der Waals surface area contributed by atoms with Gasteiger partial charge in [0.1, 0.15) is 5.41 Å². The normalized spacial score (nSPS) is 19.4. The molecule has 0 saturated carbocycles. The Morgan fingerprint density at radius 3 is 1.64 bits per heavy atom. The number of nitrogens with one attached hydrogen (secondary N) is 2. The van der Waals surface area contributed by atoms with Crippen molar-refractivity contribution in [2.24, 2.45) is 5.41 Å². The van der Waals surface area contributed by atoms with Crippen LogP contribution in [0.2, 0.25) is 0 Å². The summed E-state index contributed by atoms with van der Waals surface area (Å²) in [5.74, 6) is -0.988. The molecule has 72 valence electrons. The molecule has 2 N–H and O–H groups in total. The van der Waals surface area contributed by atoms with E-state index in [9.17, 15) is 14.4 Å². The zero-order valence-electron chi connectivity index (χ0n) is 8.64. The van der Waals surface area contributed by atoms with Crippen molar-refractivity contribution in [1.82, 2.24) is 10.6 Å². The Bertz CT molecular complexity index is 252. The van der Waals surface area contributed by atoms with Crippen LogP contribution in [0.3, 0.4) is 0 Å². The van der Waals surface area contributed by atoms with Gasteiger partial charge in [-0.2, -0.15) is 0 Å². The molecule has 0 aromatic rings. The Balaban J connectivity index is 0.00000169. The number of carbonyl (C=O) groups is 3. The first-order valence-electron chi connectivity index (χ1n) is 4.23. The van der Waals surface area contributed by atoms with E-state index in [0.29, 0.717) is 12.8 Å². The van der Waals surface area contributed by atoms with Gasteiger partial charge in [0.2, 0.25) is 11.8 Å². The Morgan fingerprint density at radius 2 is 1.36 bits per heavy atom. The van der Waals surface area contributed by atoms with Gasteiger partial charge in [-0.3, -0.25) is 20.2 Å². The van der Waals surface area contributed by atoms with Gasteiger partial charge in [-0.15, -0.1) is 0 Å². The molecule has 1 rings (SSSR count). The van der Waals surface area contributed by atoms with Gasteiger partial charge in [-0.05, 0) is 12.8 Å². The molecule has 0 aliphatic carbocycles. The Hall–Kier alpha value is -0.390. The molecule has 4 amide bonds.